The quantitative estimate of drug-likeness (QED) is 0.884. The molecule has 1 N–H and O–H groups in total. The second kappa shape index (κ2) is 7.58. The SMILES string of the molecule is CC(C)CNCc1ccc(N2CCSCC2C)cc1Cl. The summed E-state index contributed by atoms with van der Waals surface area (Å²) < 4.78 is 0. The number of nitrogens with zero attached hydrogens (tertiary/aromatic N) is 1. The molecule has 0 bridgehead atoms. The Morgan fingerprint density at radius 2 is 2.25 bits per heavy atom. The monoisotopic (exact) mass is 312 g/mol. The van der Waals surface area contributed by atoms with E-state index in [1.54, 1.807) is 0 Å². The van der Waals surface area contributed by atoms with Crippen molar-refractivity contribution in [2.24, 2.45) is 5.92 Å². The molecule has 1 saturated heterocycles. The van der Waals surface area contributed by atoms with Crippen LogP contribution in [-0.4, -0.2) is 30.6 Å². The van der Waals surface area contributed by atoms with E-state index < -0.39 is 0 Å². The molecule has 4 heteroatoms. The van der Waals surface area contributed by atoms with Crippen molar-refractivity contribution in [1.29, 1.82) is 0 Å². The van der Waals surface area contributed by atoms with Crippen LogP contribution in [0.1, 0.15) is 26.3 Å². The lowest BCUT2D eigenvalue weighted by Gasteiger charge is -2.35. The first-order valence-electron chi connectivity index (χ1n) is 7.41. The molecule has 0 radical (unpaired) electrons. The van der Waals surface area contributed by atoms with Gasteiger partial charge < -0.3 is 10.2 Å². The molecule has 2 rings (SSSR count). The number of hydrogen-bond donors (Lipinski definition) is 1. The lowest BCUT2D eigenvalue weighted by molar-refractivity contribution is 0.552. The summed E-state index contributed by atoms with van der Waals surface area (Å²) in [5.41, 5.74) is 2.45. The molecule has 0 amide bonds. The van der Waals surface area contributed by atoms with Crippen LogP contribution in [0.25, 0.3) is 0 Å². The average Bonchev–Trinajstić information content (AvgIpc) is 2.41. The molecule has 0 spiro atoms. The maximum Gasteiger partial charge on any atom is 0.0471 e. The highest BCUT2D eigenvalue weighted by Gasteiger charge is 2.19. The fourth-order valence-corrected chi connectivity index (χ4v) is 3.72. The van der Waals surface area contributed by atoms with Crippen molar-refractivity contribution >= 4 is 29.1 Å². The highest BCUT2D eigenvalue weighted by molar-refractivity contribution is 7.99. The minimum absolute atomic E-state index is 0.592. The van der Waals surface area contributed by atoms with Crippen LogP contribution in [0.4, 0.5) is 5.69 Å². The Bertz CT molecular complexity index is 436. The molecule has 1 aromatic carbocycles. The Kier molecular flexibility index (Phi) is 6.06. The maximum absolute atomic E-state index is 6.44. The Hall–Kier alpha value is -0.380. The van der Waals surface area contributed by atoms with Gasteiger partial charge in [-0.2, -0.15) is 11.8 Å². The van der Waals surface area contributed by atoms with Crippen molar-refractivity contribution < 1.29 is 0 Å². The van der Waals surface area contributed by atoms with E-state index in [0.29, 0.717) is 12.0 Å². The zero-order valence-corrected chi connectivity index (χ0v) is 14.2. The van der Waals surface area contributed by atoms with E-state index in [1.807, 2.05) is 11.8 Å². The van der Waals surface area contributed by atoms with Gasteiger partial charge in [-0.3, -0.25) is 0 Å². The summed E-state index contributed by atoms with van der Waals surface area (Å²) in [6.07, 6.45) is 0. The van der Waals surface area contributed by atoms with Gasteiger partial charge in [0, 0.05) is 41.3 Å². The molecule has 0 aliphatic carbocycles. The second-order valence-corrected chi connectivity index (χ2v) is 7.47. The number of benzene rings is 1. The molecule has 0 aromatic heterocycles. The van der Waals surface area contributed by atoms with Crippen LogP contribution >= 0.6 is 23.4 Å². The standard InChI is InChI=1S/C16H25ClN2S/c1-12(2)9-18-10-14-4-5-15(8-16(14)17)19-6-7-20-11-13(19)3/h4-5,8,12-13,18H,6-7,9-11H2,1-3H3. The minimum atomic E-state index is 0.592. The van der Waals surface area contributed by atoms with E-state index >= 15 is 0 Å². The van der Waals surface area contributed by atoms with Gasteiger partial charge in [0.05, 0.1) is 0 Å². The van der Waals surface area contributed by atoms with E-state index in [9.17, 15) is 0 Å². The second-order valence-electron chi connectivity index (χ2n) is 5.92. The number of hydrogen-bond acceptors (Lipinski definition) is 3. The van der Waals surface area contributed by atoms with Crippen molar-refractivity contribution in [2.75, 3.05) is 29.5 Å². The van der Waals surface area contributed by atoms with Crippen LogP contribution in [0.15, 0.2) is 18.2 Å². The molecule has 1 fully saturated rings. The fraction of sp³-hybridized carbons (Fsp3) is 0.625. The Morgan fingerprint density at radius 3 is 2.90 bits per heavy atom. The molecule has 0 saturated carbocycles. The van der Waals surface area contributed by atoms with Gasteiger partial charge >= 0.3 is 0 Å². The molecule has 1 aliphatic heterocycles. The molecular formula is C16H25ClN2S. The smallest absolute Gasteiger partial charge is 0.0471 e. The Labute approximate surface area is 132 Å². The fourth-order valence-electron chi connectivity index (χ4n) is 2.46. The van der Waals surface area contributed by atoms with Crippen molar-refractivity contribution in [1.82, 2.24) is 5.32 Å². The molecule has 20 heavy (non-hydrogen) atoms. The number of halogens is 1. The van der Waals surface area contributed by atoms with Crippen molar-refractivity contribution in [2.45, 2.75) is 33.4 Å². The average molecular weight is 313 g/mol. The lowest BCUT2D eigenvalue weighted by Crippen LogP contribution is -2.40. The first-order chi connectivity index (χ1) is 9.58. The van der Waals surface area contributed by atoms with Crippen molar-refractivity contribution in [3.05, 3.63) is 28.8 Å². The van der Waals surface area contributed by atoms with Gasteiger partial charge in [0.25, 0.3) is 0 Å². The predicted molar refractivity (Wildman–Crippen MR) is 92.1 cm³/mol. The third kappa shape index (κ3) is 4.31. The summed E-state index contributed by atoms with van der Waals surface area (Å²) in [5, 5.41) is 4.33. The molecular weight excluding hydrogens is 288 g/mol. The normalized spacial score (nSPS) is 19.6. The van der Waals surface area contributed by atoms with Crippen LogP contribution in [0.3, 0.4) is 0 Å². The first-order valence-corrected chi connectivity index (χ1v) is 8.94. The highest BCUT2D eigenvalue weighted by atomic mass is 35.5. The molecule has 1 atom stereocenters. The van der Waals surface area contributed by atoms with Crippen molar-refractivity contribution in [3.63, 3.8) is 0 Å². The van der Waals surface area contributed by atoms with Gasteiger partial charge in [0.1, 0.15) is 0 Å². The molecule has 1 aromatic rings. The number of rotatable bonds is 5. The first kappa shape index (κ1) is 16.0. The molecule has 1 unspecified atom stereocenters. The summed E-state index contributed by atoms with van der Waals surface area (Å²) in [6.45, 7) is 9.72. The predicted octanol–water partition coefficient (Wildman–Crippen LogP) is 4.03. The number of anilines is 1. The van der Waals surface area contributed by atoms with Gasteiger partial charge in [0.2, 0.25) is 0 Å². The summed E-state index contributed by atoms with van der Waals surface area (Å²) in [4.78, 5) is 2.47. The van der Waals surface area contributed by atoms with E-state index in [4.69, 9.17) is 11.6 Å². The van der Waals surface area contributed by atoms with E-state index in [1.165, 1.54) is 22.8 Å². The van der Waals surface area contributed by atoms with E-state index in [-0.39, 0.29) is 0 Å². The largest absolute Gasteiger partial charge is 0.367 e. The zero-order valence-electron chi connectivity index (χ0n) is 12.7. The van der Waals surface area contributed by atoms with Crippen LogP contribution in [-0.2, 0) is 6.54 Å². The van der Waals surface area contributed by atoms with Gasteiger partial charge in [-0.1, -0.05) is 31.5 Å². The molecule has 1 aliphatic rings. The summed E-state index contributed by atoms with van der Waals surface area (Å²) >= 11 is 8.48. The molecule has 112 valence electrons. The Balaban J connectivity index is 2.01. The Morgan fingerprint density at radius 1 is 1.45 bits per heavy atom. The van der Waals surface area contributed by atoms with Crippen LogP contribution < -0.4 is 10.2 Å². The van der Waals surface area contributed by atoms with E-state index in [0.717, 1.165) is 24.7 Å². The van der Waals surface area contributed by atoms with E-state index in [2.05, 4.69) is 49.2 Å². The topological polar surface area (TPSA) is 15.3 Å². The van der Waals surface area contributed by atoms with Gasteiger partial charge in [0.15, 0.2) is 0 Å². The summed E-state index contributed by atoms with van der Waals surface area (Å²) in [5.74, 6) is 3.08. The van der Waals surface area contributed by atoms with Crippen LogP contribution in [0.5, 0.6) is 0 Å². The highest BCUT2D eigenvalue weighted by Crippen LogP contribution is 2.28. The third-order valence-corrected chi connectivity index (χ3v) is 5.15. The number of thioether (sulfide) groups is 1. The maximum atomic E-state index is 6.44. The molecule has 2 nitrogen and oxygen atoms in total. The summed E-state index contributed by atoms with van der Waals surface area (Å²) in [6, 6.07) is 7.10. The van der Waals surface area contributed by atoms with Crippen LogP contribution in [0, 0.1) is 5.92 Å². The minimum Gasteiger partial charge on any atom is -0.367 e. The summed E-state index contributed by atoms with van der Waals surface area (Å²) in [7, 11) is 0. The van der Waals surface area contributed by atoms with Gasteiger partial charge in [-0.05, 0) is 37.1 Å². The van der Waals surface area contributed by atoms with Crippen LogP contribution in [0.2, 0.25) is 5.02 Å². The molecule has 1 heterocycles. The lowest BCUT2D eigenvalue weighted by atomic mass is 10.1. The zero-order chi connectivity index (χ0) is 14.5. The van der Waals surface area contributed by atoms with Crippen molar-refractivity contribution in [3.8, 4) is 0 Å². The van der Waals surface area contributed by atoms with Gasteiger partial charge in [-0.25, -0.2) is 0 Å². The van der Waals surface area contributed by atoms with Gasteiger partial charge in [-0.15, -0.1) is 0 Å². The third-order valence-electron chi connectivity index (χ3n) is 3.60. The number of nitrogens with one attached hydrogen (secondary N) is 1.